The van der Waals surface area contributed by atoms with Crippen molar-refractivity contribution in [1.82, 2.24) is 9.88 Å². The summed E-state index contributed by atoms with van der Waals surface area (Å²) in [4.78, 5) is 17.1. The first kappa shape index (κ1) is 11.5. The molecule has 3 nitrogen and oxygen atoms in total. The highest BCUT2D eigenvalue weighted by atomic mass is 32.2. The van der Waals surface area contributed by atoms with Crippen molar-refractivity contribution in [1.29, 1.82) is 0 Å². The Morgan fingerprint density at radius 3 is 3.12 bits per heavy atom. The number of likely N-dealkylation sites (tertiary alicyclic amines) is 1. The second kappa shape index (κ2) is 5.34. The molecule has 0 radical (unpaired) electrons. The Morgan fingerprint density at radius 1 is 1.62 bits per heavy atom. The van der Waals surface area contributed by atoms with Crippen LogP contribution in [0.5, 0.6) is 0 Å². The zero-order valence-electron chi connectivity index (χ0n) is 9.43. The van der Waals surface area contributed by atoms with E-state index in [1.54, 1.807) is 11.8 Å². The number of hydrogen-bond donors (Lipinski definition) is 0. The molecule has 0 aliphatic carbocycles. The second-order valence-electron chi connectivity index (χ2n) is 3.86. The summed E-state index contributed by atoms with van der Waals surface area (Å²) in [5.74, 6) is 1.04. The van der Waals surface area contributed by atoms with Gasteiger partial charge in [-0.05, 0) is 30.2 Å². The van der Waals surface area contributed by atoms with E-state index in [4.69, 9.17) is 0 Å². The van der Waals surface area contributed by atoms with Crippen molar-refractivity contribution in [3.8, 4) is 0 Å². The Labute approximate surface area is 100 Å². The molecule has 0 aromatic carbocycles. The van der Waals surface area contributed by atoms with Crippen molar-refractivity contribution in [3.05, 3.63) is 23.9 Å². The molecule has 0 bridgehead atoms. The normalized spacial score (nSPS) is 20.1. The first-order valence-electron chi connectivity index (χ1n) is 5.65. The zero-order chi connectivity index (χ0) is 11.4. The largest absolute Gasteiger partial charge is 0.338 e. The summed E-state index contributed by atoms with van der Waals surface area (Å²) in [6.45, 7) is 2.99. The monoisotopic (exact) mass is 236 g/mol. The van der Waals surface area contributed by atoms with Crippen LogP contribution < -0.4 is 0 Å². The fourth-order valence-electron chi connectivity index (χ4n) is 2.10. The Kier molecular flexibility index (Phi) is 3.83. The number of hydrogen-bond acceptors (Lipinski definition) is 3. The van der Waals surface area contributed by atoms with E-state index in [1.165, 1.54) is 0 Å². The topological polar surface area (TPSA) is 33.2 Å². The van der Waals surface area contributed by atoms with Crippen LogP contribution >= 0.6 is 11.8 Å². The van der Waals surface area contributed by atoms with Crippen molar-refractivity contribution >= 4 is 18.2 Å². The number of amides is 1. The van der Waals surface area contributed by atoms with Gasteiger partial charge in [0.25, 0.3) is 0 Å². The van der Waals surface area contributed by atoms with Crippen molar-refractivity contribution in [2.75, 3.05) is 12.3 Å². The summed E-state index contributed by atoms with van der Waals surface area (Å²) in [7, 11) is 0. The van der Waals surface area contributed by atoms with Crippen molar-refractivity contribution in [2.45, 2.75) is 30.8 Å². The third kappa shape index (κ3) is 2.38. The van der Waals surface area contributed by atoms with Crippen LogP contribution in [-0.2, 0) is 4.79 Å². The highest BCUT2D eigenvalue weighted by Gasteiger charge is 2.24. The lowest BCUT2D eigenvalue weighted by Gasteiger charge is -2.19. The zero-order valence-corrected chi connectivity index (χ0v) is 10.2. The second-order valence-corrected chi connectivity index (χ2v) is 5.15. The van der Waals surface area contributed by atoms with Crippen molar-refractivity contribution in [3.63, 3.8) is 0 Å². The van der Waals surface area contributed by atoms with Gasteiger partial charge in [-0.25, -0.2) is 4.98 Å². The van der Waals surface area contributed by atoms with Gasteiger partial charge >= 0.3 is 0 Å². The van der Waals surface area contributed by atoms with E-state index >= 15 is 0 Å². The summed E-state index contributed by atoms with van der Waals surface area (Å²) < 4.78 is 0. The molecule has 0 saturated carbocycles. The fourth-order valence-corrected chi connectivity index (χ4v) is 2.68. The van der Waals surface area contributed by atoms with Crippen LogP contribution in [0.25, 0.3) is 0 Å². The van der Waals surface area contributed by atoms with Gasteiger partial charge in [0.15, 0.2) is 0 Å². The van der Waals surface area contributed by atoms with Gasteiger partial charge in [0, 0.05) is 12.7 Å². The summed E-state index contributed by atoms with van der Waals surface area (Å²) in [5, 5.41) is 1.06. The maximum Gasteiger partial charge on any atom is 0.210 e. The van der Waals surface area contributed by atoms with Gasteiger partial charge in [-0.15, -0.1) is 11.8 Å². The number of carbonyl (C=O) groups is 1. The molecule has 4 heteroatoms. The molecule has 2 heterocycles. The minimum absolute atomic E-state index is 0.241. The predicted octanol–water partition coefficient (Wildman–Crippen LogP) is 2.49. The molecule has 0 spiro atoms. The Bertz CT molecular complexity index is 353. The molecular formula is C12H16N2OS. The van der Waals surface area contributed by atoms with Gasteiger partial charge < -0.3 is 4.90 Å². The lowest BCUT2D eigenvalue weighted by atomic mass is 10.1. The summed E-state index contributed by atoms with van der Waals surface area (Å²) in [6.07, 6.45) is 5.01. The molecule has 1 aromatic rings. The number of carbonyl (C=O) groups excluding carboxylic acids is 1. The average Bonchev–Trinajstić information content (AvgIpc) is 2.78. The van der Waals surface area contributed by atoms with E-state index in [9.17, 15) is 4.79 Å². The van der Waals surface area contributed by atoms with Crippen LogP contribution in [-0.4, -0.2) is 28.6 Å². The summed E-state index contributed by atoms with van der Waals surface area (Å²) in [6, 6.07) is 4.38. The smallest absolute Gasteiger partial charge is 0.210 e. The molecule has 16 heavy (non-hydrogen) atoms. The number of aromatic nitrogens is 1. The van der Waals surface area contributed by atoms with Gasteiger partial charge in [-0.2, -0.15) is 0 Å². The molecule has 86 valence electrons. The molecule has 1 atom stereocenters. The van der Waals surface area contributed by atoms with Gasteiger partial charge in [0.1, 0.15) is 0 Å². The third-order valence-corrected chi connectivity index (χ3v) is 3.69. The van der Waals surface area contributed by atoms with E-state index in [2.05, 4.69) is 18.0 Å². The molecule has 2 rings (SSSR count). The average molecular weight is 236 g/mol. The van der Waals surface area contributed by atoms with Crippen LogP contribution in [0.1, 0.15) is 31.4 Å². The standard InChI is InChI=1S/C12H16N2OS/c1-2-16-12-6-5-10(8-13-12)11-4-3-7-14(11)9-15/h5-6,8-9,11H,2-4,7H2,1H3/t11-/m1/s1. The molecule has 1 aromatic heterocycles. The van der Waals surface area contributed by atoms with E-state index in [0.29, 0.717) is 0 Å². The first-order chi connectivity index (χ1) is 7.85. The highest BCUT2D eigenvalue weighted by molar-refractivity contribution is 7.99. The number of rotatable bonds is 4. The van der Waals surface area contributed by atoms with Crippen LogP contribution in [0.15, 0.2) is 23.4 Å². The number of nitrogens with zero attached hydrogens (tertiary/aromatic N) is 2. The minimum atomic E-state index is 0.241. The maximum atomic E-state index is 10.9. The fraction of sp³-hybridized carbons (Fsp3) is 0.500. The number of thioether (sulfide) groups is 1. The quantitative estimate of drug-likeness (QED) is 0.595. The molecule has 0 N–H and O–H groups in total. The molecular weight excluding hydrogens is 220 g/mol. The molecule has 1 saturated heterocycles. The van der Waals surface area contributed by atoms with Crippen LogP contribution in [0.3, 0.4) is 0 Å². The van der Waals surface area contributed by atoms with E-state index in [1.807, 2.05) is 17.2 Å². The lowest BCUT2D eigenvalue weighted by molar-refractivity contribution is -0.118. The van der Waals surface area contributed by atoms with Crippen molar-refractivity contribution in [2.24, 2.45) is 0 Å². The molecule has 1 aliphatic rings. The first-order valence-corrected chi connectivity index (χ1v) is 6.63. The highest BCUT2D eigenvalue weighted by Crippen LogP contribution is 2.30. The predicted molar refractivity (Wildman–Crippen MR) is 65.4 cm³/mol. The Morgan fingerprint density at radius 2 is 2.50 bits per heavy atom. The summed E-state index contributed by atoms with van der Waals surface area (Å²) >= 11 is 1.74. The van der Waals surface area contributed by atoms with Gasteiger partial charge in [0.2, 0.25) is 6.41 Å². The SMILES string of the molecule is CCSc1ccc([C@H]2CCCN2C=O)cn1. The van der Waals surface area contributed by atoms with E-state index in [-0.39, 0.29) is 6.04 Å². The Hall–Kier alpha value is -1.03. The van der Waals surface area contributed by atoms with E-state index in [0.717, 1.165) is 42.1 Å². The lowest BCUT2D eigenvalue weighted by Crippen LogP contribution is -2.21. The molecule has 1 aliphatic heterocycles. The van der Waals surface area contributed by atoms with Crippen LogP contribution in [0, 0.1) is 0 Å². The Balaban J connectivity index is 2.11. The van der Waals surface area contributed by atoms with E-state index < -0.39 is 0 Å². The number of pyridine rings is 1. The van der Waals surface area contributed by atoms with Gasteiger partial charge in [0.05, 0.1) is 11.1 Å². The molecule has 1 amide bonds. The molecule has 1 fully saturated rings. The van der Waals surface area contributed by atoms with Gasteiger partial charge in [-0.1, -0.05) is 13.0 Å². The third-order valence-electron chi connectivity index (χ3n) is 2.87. The van der Waals surface area contributed by atoms with Crippen LogP contribution in [0.2, 0.25) is 0 Å². The minimum Gasteiger partial charge on any atom is -0.338 e. The van der Waals surface area contributed by atoms with Crippen LogP contribution in [0.4, 0.5) is 0 Å². The van der Waals surface area contributed by atoms with Gasteiger partial charge in [-0.3, -0.25) is 4.79 Å². The summed E-state index contributed by atoms with van der Waals surface area (Å²) in [5.41, 5.74) is 1.16. The molecule has 0 unspecified atom stereocenters. The van der Waals surface area contributed by atoms with Crippen molar-refractivity contribution < 1.29 is 4.79 Å². The maximum absolute atomic E-state index is 10.9.